The number of aryl methyl sites for hydroxylation is 1. The Morgan fingerprint density at radius 3 is 2.33 bits per heavy atom. The molecule has 0 spiro atoms. The van der Waals surface area contributed by atoms with Crippen molar-refractivity contribution in [1.29, 1.82) is 0 Å². The van der Waals surface area contributed by atoms with Crippen LogP contribution in [0, 0.1) is 5.92 Å². The fourth-order valence-electron chi connectivity index (χ4n) is 3.26. The molecule has 1 aliphatic rings. The van der Waals surface area contributed by atoms with E-state index in [-0.39, 0.29) is 6.42 Å². The molecule has 116 valence electrons. The van der Waals surface area contributed by atoms with Crippen molar-refractivity contribution in [1.82, 2.24) is 0 Å². The minimum absolute atomic E-state index is 0.0984. The third kappa shape index (κ3) is 5.26. The van der Waals surface area contributed by atoms with Crippen LogP contribution in [-0.4, -0.2) is 6.43 Å². The minimum Gasteiger partial charge on any atom is -0.210 e. The van der Waals surface area contributed by atoms with E-state index in [0.717, 1.165) is 19.3 Å². The molecule has 0 radical (unpaired) electrons. The summed E-state index contributed by atoms with van der Waals surface area (Å²) in [6, 6.07) is 9.08. The molecule has 1 aromatic rings. The fourth-order valence-corrected chi connectivity index (χ4v) is 3.26. The van der Waals surface area contributed by atoms with Crippen LogP contribution in [0.25, 0.3) is 0 Å². The highest BCUT2D eigenvalue weighted by molar-refractivity contribution is 5.26. The summed E-state index contributed by atoms with van der Waals surface area (Å²) in [7, 11) is 0. The maximum atomic E-state index is 12.1. The first-order chi connectivity index (χ1) is 10.2. The largest absolute Gasteiger partial charge is 0.242 e. The molecule has 2 heteroatoms. The van der Waals surface area contributed by atoms with E-state index < -0.39 is 6.43 Å². The molecule has 2 rings (SSSR count). The van der Waals surface area contributed by atoms with E-state index >= 15 is 0 Å². The number of alkyl halides is 2. The average Bonchev–Trinajstić information content (AvgIpc) is 2.49. The molecule has 1 aromatic carbocycles. The van der Waals surface area contributed by atoms with Gasteiger partial charge in [-0.05, 0) is 55.1 Å². The van der Waals surface area contributed by atoms with Gasteiger partial charge in [0, 0.05) is 6.42 Å². The molecular formula is C19H26F2. The molecule has 0 heterocycles. The van der Waals surface area contributed by atoms with Crippen molar-refractivity contribution in [3.63, 3.8) is 0 Å². The van der Waals surface area contributed by atoms with Crippen LogP contribution in [0.5, 0.6) is 0 Å². The first-order valence-electron chi connectivity index (χ1n) is 8.22. The van der Waals surface area contributed by atoms with Gasteiger partial charge in [0.1, 0.15) is 0 Å². The summed E-state index contributed by atoms with van der Waals surface area (Å²) < 4.78 is 24.2. The van der Waals surface area contributed by atoms with Crippen molar-refractivity contribution >= 4 is 0 Å². The Morgan fingerprint density at radius 2 is 1.76 bits per heavy atom. The van der Waals surface area contributed by atoms with Gasteiger partial charge in [-0.3, -0.25) is 0 Å². The summed E-state index contributed by atoms with van der Waals surface area (Å²) in [6.07, 6.45) is 8.31. The summed E-state index contributed by atoms with van der Waals surface area (Å²) in [5.74, 6) is 1.15. The Labute approximate surface area is 127 Å². The first kappa shape index (κ1) is 16.2. The quantitative estimate of drug-likeness (QED) is 0.554. The zero-order valence-electron chi connectivity index (χ0n) is 12.9. The highest BCUT2D eigenvalue weighted by atomic mass is 19.3. The van der Waals surface area contributed by atoms with Gasteiger partial charge in [0.25, 0.3) is 0 Å². The van der Waals surface area contributed by atoms with E-state index in [0.29, 0.717) is 11.8 Å². The van der Waals surface area contributed by atoms with Gasteiger partial charge in [-0.25, -0.2) is 8.78 Å². The zero-order chi connectivity index (χ0) is 15.1. The molecule has 0 aliphatic heterocycles. The Bertz CT molecular complexity index is 425. The Kier molecular flexibility index (Phi) is 6.41. The Hall–Kier alpha value is -1.18. The lowest BCUT2D eigenvalue weighted by Gasteiger charge is -2.27. The second kappa shape index (κ2) is 8.31. The number of benzene rings is 1. The van der Waals surface area contributed by atoms with E-state index in [1.807, 2.05) is 6.08 Å². The highest BCUT2D eigenvalue weighted by Gasteiger charge is 2.20. The number of hydrogen-bond acceptors (Lipinski definition) is 0. The van der Waals surface area contributed by atoms with Gasteiger partial charge < -0.3 is 0 Å². The van der Waals surface area contributed by atoms with Crippen molar-refractivity contribution in [3.8, 4) is 0 Å². The monoisotopic (exact) mass is 292 g/mol. The van der Waals surface area contributed by atoms with Gasteiger partial charge in [0.05, 0.1) is 0 Å². The lowest BCUT2D eigenvalue weighted by atomic mass is 9.78. The lowest BCUT2D eigenvalue weighted by Crippen LogP contribution is -2.11. The van der Waals surface area contributed by atoms with Crippen LogP contribution in [0.3, 0.4) is 0 Å². The van der Waals surface area contributed by atoms with Crippen LogP contribution >= 0.6 is 0 Å². The van der Waals surface area contributed by atoms with Crippen molar-refractivity contribution in [2.45, 2.75) is 64.2 Å². The molecule has 0 unspecified atom stereocenters. The number of halogens is 2. The normalized spacial score (nSPS) is 23.0. The van der Waals surface area contributed by atoms with Crippen LogP contribution < -0.4 is 0 Å². The molecule has 0 nitrogen and oxygen atoms in total. The molecular weight excluding hydrogens is 266 g/mol. The Morgan fingerprint density at radius 1 is 1.10 bits per heavy atom. The fraction of sp³-hybridized carbons (Fsp3) is 0.579. The maximum Gasteiger partial charge on any atom is 0.242 e. The predicted octanol–water partition coefficient (Wildman–Crippen LogP) is 6.12. The zero-order valence-corrected chi connectivity index (χ0v) is 12.9. The van der Waals surface area contributed by atoms with Gasteiger partial charge in [0.15, 0.2) is 0 Å². The van der Waals surface area contributed by atoms with Gasteiger partial charge in [-0.15, -0.1) is 0 Å². The SMILES string of the molecule is CCCc1ccc([C@H]2CC[C@H](/C=C/CC(F)F)CC2)cc1. The summed E-state index contributed by atoms with van der Waals surface area (Å²) >= 11 is 0. The van der Waals surface area contributed by atoms with Gasteiger partial charge in [-0.2, -0.15) is 0 Å². The van der Waals surface area contributed by atoms with E-state index in [4.69, 9.17) is 0 Å². The van der Waals surface area contributed by atoms with E-state index in [2.05, 4.69) is 31.2 Å². The molecule has 0 N–H and O–H groups in total. The minimum atomic E-state index is -2.21. The van der Waals surface area contributed by atoms with E-state index in [1.54, 1.807) is 6.08 Å². The van der Waals surface area contributed by atoms with Crippen molar-refractivity contribution < 1.29 is 8.78 Å². The summed E-state index contributed by atoms with van der Waals surface area (Å²) in [5, 5.41) is 0. The second-order valence-electron chi connectivity index (χ2n) is 6.16. The predicted molar refractivity (Wildman–Crippen MR) is 84.9 cm³/mol. The van der Waals surface area contributed by atoms with Gasteiger partial charge in [-0.1, -0.05) is 49.8 Å². The number of rotatable bonds is 6. The summed E-state index contributed by atoms with van der Waals surface area (Å²) in [6.45, 7) is 2.21. The van der Waals surface area contributed by atoms with Crippen LogP contribution in [0.4, 0.5) is 8.78 Å². The van der Waals surface area contributed by atoms with Gasteiger partial charge in [0.2, 0.25) is 6.43 Å². The molecule has 0 saturated heterocycles. The smallest absolute Gasteiger partial charge is 0.210 e. The summed E-state index contributed by atoms with van der Waals surface area (Å²) in [5.41, 5.74) is 2.87. The first-order valence-corrected chi connectivity index (χ1v) is 8.22. The molecule has 1 aliphatic carbocycles. The molecule has 0 aromatic heterocycles. The molecule has 1 fully saturated rings. The molecule has 0 bridgehead atoms. The molecule has 0 atom stereocenters. The van der Waals surface area contributed by atoms with Crippen molar-refractivity contribution in [3.05, 3.63) is 47.5 Å². The van der Waals surface area contributed by atoms with Crippen LogP contribution in [-0.2, 0) is 6.42 Å². The second-order valence-corrected chi connectivity index (χ2v) is 6.16. The van der Waals surface area contributed by atoms with E-state index in [1.165, 1.54) is 30.4 Å². The van der Waals surface area contributed by atoms with Crippen molar-refractivity contribution in [2.24, 2.45) is 5.92 Å². The van der Waals surface area contributed by atoms with Crippen LogP contribution in [0.15, 0.2) is 36.4 Å². The van der Waals surface area contributed by atoms with E-state index in [9.17, 15) is 8.78 Å². The topological polar surface area (TPSA) is 0 Å². The van der Waals surface area contributed by atoms with Crippen LogP contribution in [0.1, 0.15) is 62.5 Å². The third-order valence-electron chi connectivity index (χ3n) is 4.48. The van der Waals surface area contributed by atoms with Gasteiger partial charge >= 0.3 is 0 Å². The maximum absolute atomic E-state index is 12.1. The average molecular weight is 292 g/mol. The molecule has 1 saturated carbocycles. The number of hydrogen-bond donors (Lipinski definition) is 0. The number of allylic oxidation sites excluding steroid dienone is 2. The van der Waals surface area contributed by atoms with Crippen LogP contribution in [0.2, 0.25) is 0 Å². The molecule has 0 amide bonds. The standard InChI is InChI=1S/C19H26F2/c1-2-4-15-7-11-17(12-8-15)18-13-9-16(10-14-18)5-3-6-19(20)21/h3,5,7-8,11-12,16,18-19H,2,4,6,9-10,13-14H2,1H3/b5-3+/t16-,18-. The lowest BCUT2D eigenvalue weighted by molar-refractivity contribution is 0.152. The highest BCUT2D eigenvalue weighted by Crippen LogP contribution is 2.36. The third-order valence-corrected chi connectivity index (χ3v) is 4.48. The Balaban J connectivity index is 1.81. The van der Waals surface area contributed by atoms with Crippen molar-refractivity contribution in [2.75, 3.05) is 0 Å². The molecule has 21 heavy (non-hydrogen) atoms. The summed E-state index contributed by atoms with van der Waals surface area (Å²) in [4.78, 5) is 0.